The molecule has 0 spiro atoms. The molecule has 116 valence electrons. The fourth-order valence-corrected chi connectivity index (χ4v) is 2.44. The van der Waals surface area contributed by atoms with Crippen LogP contribution in [0.1, 0.15) is 23.7 Å². The Morgan fingerprint density at radius 3 is 2.62 bits per heavy atom. The van der Waals surface area contributed by atoms with Crippen molar-refractivity contribution in [1.82, 2.24) is 15.1 Å². The quantitative estimate of drug-likeness (QED) is 0.887. The monoisotopic (exact) mass is 313 g/mol. The number of carbonyl (C=O) groups is 2. The molecule has 1 fully saturated rings. The summed E-state index contributed by atoms with van der Waals surface area (Å²) in [5, 5.41) is 2.98. The highest BCUT2D eigenvalue weighted by Gasteiger charge is 2.25. The molecule has 2 amide bonds. The van der Waals surface area contributed by atoms with Crippen molar-refractivity contribution in [3.8, 4) is 0 Å². The predicted octanol–water partition coefficient (Wildman–Crippen LogP) is 1.22. The van der Waals surface area contributed by atoms with Gasteiger partial charge in [-0.2, -0.15) is 0 Å². The van der Waals surface area contributed by atoms with Gasteiger partial charge in [-0.3, -0.25) is 14.5 Å². The van der Waals surface area contributed by atoms with E-state index in [-0.39, 0.29) is 17.0 Å². The first-order valence-corrected chi connectivity index (χ1v) is 7.51. The minimum Gasteiger partial charge on any atom is -0.452 e. The Morgan fingerprint density at radius 1 is 1.33 bits per heavy atom. The molecule has 0 atom stereocenters. The Labute approximate surface area is 129 Å². The predicted molar refractivity (Wildman–Crippen MR) is 79.4 cm³/mol. The summed E-state index contributed by atoms with van der Waals surface area (Å²) in [6.45, 7) is 5.64. The van der Waals surface area contributed by atoms with Crippen LogP contribution in [0, 0.1) is 0 Å². The van der Waals surface area contributed by atoms with Gasteiger partial charge in [0.1, 0.15) is 0 Å². The van der Waals surface area contributed by atoms with E-state index in [1.807, 2.05) is 11.8 Å². The van der Waals surface area contributed by atoms with Crippen molar-refractivity contribution < 1.29 is 14.0 Å². The third-order valence-electron chi connectivity index (χ3n) is 3.45. The van der Waals surface area contributed by atoms with E-state index in [1.165, 1.54) is 6.26 Å². The molecule has 1 N–H and O–H groups in total. The molecule has 7 heteroatoms. The molecule has 1 aromatic heterocycles. The zero-order valence-electron chi connectivity index (χ0n) is 12.1. The third-order valence-corrected chi connectivity index (χ3v) is 3.74. The van der Waals surface area contributed by atoms with E-state index in [0.717, 1.165) is 6.42 Å². The Hall–Kier alpha value is -1.53. The molecule has 0 saturated carbocycles. The van der Waals surface area contributed by atoms with E-state index in [1.54, 1.807) is 11.0 Å². The largest absolute Gasteiger partial charge is 0.452 e. The zero-order chi connectivity index (χ0) is 15.2. The number of nitrogens with zero attached hydrogens (tertiary/aromatic N) is 2. The SMILES string of the molecule is CCCNC(=O)CN1CCN(C(=O)c2ccoc2Cl)CC1. The molecular weight excluding hydrogens is 294 g/mol. The van der Waals surface area contributed by atoms with Gasteiger partial charge in [0.25, 0.3) is 5.91 Å². The van der Waals surface area contributed by atoms with Crippen molar-refractivity contribution in [3.05, 3.63) is 23.1 Å². The highest BCUT2D eigenvalue weighted by Crippen LogP contribution is 2.19. The van der Waals surface area contributed by atoms with Gasteiger partial charge in [-0.05, 0) is 24.1 Å². The number of hydrogen-bond acceptors (Lipinski definition) is 4. The molecule has 0 aliphatic carbocycles. The lowest BCUT2D eigenvalue weighted by Crippen LogP contribution is -2.51. The number of piperazine rings is 1. The summed E-state index contributed by atoms with van der Waals surface area (Å²) in [4.78, 5) is 27.7. The maximum atomic E-state index is 12.2. The molecule has 0 unspecified atom stereocenters. The summed E-state index contributed by atoms with van der Waals surface area (Å²) >= 11 is 5.82. The summed E-state index contributed by atoms with van der Waals surface area (Å²) in [5.41, 5.74) is 0.394. The lowest BCUT2D eigenvalue weighted by Gasteiger charge is -2.34. The molecule has 1 aliphatic rings. The molecule has 0 aromatic carbocycles. The minimum absolute atomic E-state index is 0.0366. The van der Waals surface area contributed by atoms with Crippen LogP contribution in [0.2, 0.25) is 5.22 Å². The van der Waals surface area contributed by atoms with Crippen LogP contribution in [0.5, 0.6) is 0 Å². The minimum atomic E-state index is -0.121. The van der Waals surface area contributed by atoms with Crippen LogP contribution in [0.15, 0.2) is 16.7 Å². The van der Waals surface area contributed by atoms with E-state index in [4.69, 9.17) is 16.0 Å². The number of furan rings is 1. The van der Waals surface area contributed by atoms with Gasteiger partial charge < -0.3 is 14.6 Å². The van der Waals surface area contributed by atoms with Gasteiger partial charge >= 0.3 is 0 Å². The summed E-state index contributed by atoms with van der Waals surface area (Å²) in [7, 11) is 0. The Kier molecular flexibility index (Phi) is 5.64. The van der Waals surface area contributed by atoms with Gasteiger partial charge in [0.15, 0.2) is 0 Å². The van der Waals surface area contributed by atoms with Gasteiger partial charge in [-0.1, -0.05) is 6.92 Å². The molecule has 1 aromatic rings. The maximum Gasteiger partial charge on any atom is 0.258 e. The average Bonchev–Trinajstić information content (AvgIpc) is 2.91. The van der Waals surface area contributed by atoms with Crippen LogP contribution in [0.4, 0.5) is 0 Å². The van der Waals surface area contributed by atoms with E-state index < -0.39 is 0 Å². The Bertz CT molecular complexity index is 495. The van der Waals surface area contributed by atoms with Crippen LogP contribution in [-0.2, 0) is 4.79 Å². The van der Waals surface area contributed by atoms with Crippen LogP contribution in [-0.4, -0.2) is 60.9 Å². The number of nitrogens with one attached hydrogen (secondary N) is 1. The summed E-state index contributed by atoms with van der Waals surface area (Å²) in [5.74, 6) is -0.0849. The van der Waals surface area contributed by atoms with E-state index >= 15 is 0 Å². The fourth-order valence-electron chi connectivity index (χ4n) is 2.25. The first-order chi connectivity index (χ1) is 10.1. The zero-order valence-corrected chi connectivity index (χ0v) is 12.9. The van der Waals surface area contributed by atoms with Crippen molar-refractivity contribution in [2.75, 3.05) is 39.3 Å². The first kappa shape index (κ1) is 15.9. The van der Waals surface area contributed by atoms with Gasteiger partial charge in [-0.15, -0.1) is 0 Å². The van der Waals surface area contributed by atoms with Crippen molar-refractivity contribution in [2.24, 2.45) is 0 Å². The summed E-state index contributed by atoms with van der Waals surface area (Å²) in [6.07, 6.45) is 2.34. The number of carbonyl (C=O) groups excluding carboxylic acids is 2. The van der Waals surface area contributed by atoms with E-state index in [9.17, 15) is 9.59 Å². The molecule has 2 heterocycles. The molecular formula is C14H20ClN3O3. The second-order valence-corrected chi connectivity index (χ2v) is 5.37. The second kappa shape index (κ2) is 7.47. The normalized spacial score (nSPS) is 16.0. The number of hydrogen-bond donors (Lipinski definition) is 1. The van der Waals surface area contributed by atoms with Crippen LogP contribution in [0.3, 0.4) is 0 Å². The highest BCUT2D eigenvalue weighted by molar-refractivity contribution is 6.32. The molecule has 2 rings (SSSR count). The number of rotatable bonds is 5. The van der Waals surface area contributed by atoms with Crippen LogP contribution < -0.4 is 5.32 Å². The molecule has 21 heavy (non-hydrogen) atoms. The van der Waals surface area contributed by atoms with Crippen molar-refractivity contribution >= 4 is 23.4 Å². The molecule has 0 radical (unpaired) electrons. The Morgan fingerprint density at radius 2 is 2.05 bits per heavy atom. The van der Waals surface area contributed by atoms with Gasteiger partial charge in [0, 0.05) is 32.7 Å². The van der Waals surface area contributed by atoms with Crippen LogP contribution in [0.25, 0.3) is 0 Å². The summed E-state index contributed by atoms with van der Waals surface area (Å²) < 4.78 is 4.94. The van der Waals surface area contributed by atoms with Crippen molar-refractivity contribution in [3.63, 3.8) is 0 Å². The lowest BCUT2D eigenvalue weighted by atomic mass is 10.2. The highest BCUT2D eigenvalue weighted by atomic mass is 35.5. The molecule has 0 bridgehead atoms. The third kappa shape index (κ3) is 4.22. The van der Waals surface area contributed by atoms with E-state index in [0.29, 0.717) is 44.8 Å². The van der Waals surface area contributed by atoms with Crippen molar-refractivity contribution in [2.45, 2.75) is 13.3 Å². The van der Waals surface area contributed by atoms with Gasteiger partial charge in [0.2, 0.25) is 11.1 Å². The van der Waals surface area contributed by atoms with Gasteiger partial charge in [-0.25, -0.2) is 0 Å². The number of amides is 2. The summed E-state index contributed by atoms with van der Waals surface area (Å²) in [6, 6.07) is 1.58. The molecule has 1 saturated heterocycles. The molecule has 1 aliphatic heterocycles. The lowest BCUT2D eigenvalue weighted by molar-refractivity contribution is -0.122. The van der Waals surface area contributed by atoms with Gasteiger partial charge in [0.05, 0.1) is 18.4 Å². The number of halogens is 1. The average molecular weight is 314 g/mol. The topological polar surface area (TPSA) is 65.8 Å². The fraction of sp³-hybridized carbons (Fsp3) is 0.571. The Balaban J connectivity index is 1.79. The molecule has 6 nitrogen and oxygen atoms in total. The van der Waals surface area contributed by atoms with E-state index in [2.05, 4.69) is 5.32 Å². The standard InChI is InChI=1S/C14H20ClN3O3/c1-2-4-16-12(19)10-17-5-7-18(8-6-17)14(20)11-3-9-21-13(11)15/h3,9H,2,4-8,10H2,1H3,(H,16,19). The smallest absolute Gasteiger partial charge is 0.258 e. The second-order valence-electron chi connectivity index (χ2n) is 5.03. The van der Waals surface area contributed by atoms with Crippen LogP contribution >= 0.6 is 11.6 Å². The van der Waals surface area contributed by atoms with Crippen molar-refractivity contribution in [1.29, 1.82) is 0 Å². The maximum absolute atomic E-state index is 12.2. The first-order valence-electron chi connectivity index (χ1n) is 7.13.